The van der Waals surface area contributed by atoms with Crippen molar-refractivity contribution >= 4 is 11.0 Å². The number of para-hydroxylation sites is 2. The number of aromatic nitrogens is 3. The molecule has 0 saturated heterocycles. The molecule has 4 heteroatoms. The van der Waals surface area contributed by atoms with Crippen molar-refractivity contribution in [2.75, 3.05) is 0 Å². The normalized spacial score (nSPS) is 10.9. The molecule has 8 aromatic rings. The van der Waals surface area contributed by atoms with Gasteiger partial charge in [-0.15, -0.1) is 0 Å². The lowest BCUT2D eigenvalue weighted by Crippen LogP contribution is -1.96. The summed E-state index contributed by atoms with van der Waals surface area (Å²) < 4.78 is 0. The van der Waals surface area contributed by atoms with Crippen LogP contribution in [0.3, 0.4) is 0 Å². The van der Waals surface area contributed by atoms with Gasteiger partial charge in [0.25, 0.3) is 0 Å². The van der Waals surface area contributed by atoms with Crippen LogP contribution in [0.15, 0.2) is 170 Å². The molecule has 0 amide bonds. The number of fused-ring (bicyclic) bond motifs is 1. The molecular formula is C44H28N4. The zero-order valence-electron chi connectivity index (χ0n) is 26.0. The maximum Gasteiger partial charge on any atom is 0.0991 e. The Morgan fingerprint density at radius 2 is 0.812 bits per heavy atom. The smallest absolute Gasteiger partial charge is 0.0991 e. The lowest BCUT2D eigenvalue weighted by Gasteiger charge is -2.13. The fourth-order valence-corrected chi connectivity index (χ4v) is 6.05. The van der Waals surface area contributed by atoms with Crippen LogP contribution in [0.1, 0.15) is 5.56 Å². The van der Waals surface area contributed by atoms with Gasteiger partial charge in [0.2, 0.25) is 0 Å². The van der Waals surface area contributed by atoms with Crippen molar-refractivity contribution in [3.05, 3.63) is 175 Å². The summed E-state index contributed by atoms with van der Waals surface area (Å²) in [7, 11) is 0. The summed E-state index contributed by atoms with van der Waals surface area (Å²) in [4.78, 5) is 15.3. The zero-order valence-corrected chi connectivity index (χ0v) is 26.0. The summed E-state index contributed by atoms with van der Waals surface area (Å²) >= 11 is 0. The van der Waals surface area contributed by atoms with E-state index in [2.05, 4.69) is 84.9 Å². The minimum Gasteiger partial charge on any atom is -0.248 e. The Morgan fingerprint density at radius 3 is 1.42 bits per heavy atom. The van der Waals surface area contributed by atoms with Gasteiger partial charge in [0.05, 0.1) is 45.4 Å². The summed E-state index contributed by atoms with van der Waals surface area (Å²) in [6.07, 6.45) is 0. The van der Waals surface area contributed by atoms with Crippen LogP contribution in [0.5, 0.6) is 0 Å². The van der Waals surface area contributed by atoms with E-state index >= 15 is 0 Å². The molecule has 0 aliphatic rings. The number of benzene rings is 6. The highest BCUT2D eigenvalue weighted by atomic mass is 14.8. The topological polar surface area (TPSA) is 62.5 Å². The number of nitriles is 1. The largest absolute Gasteiger partial charge is 0.248 e. The van der Waals surface area contributed by atoms with E-state index in [1.807, 2.05) is 91.0 Å². The molecule has 0 bridgehead atoms. The first-order valence-corrected chi connectivity index (χ1v) is 15.8. The third kappa shape index (κ3) is 5.73. The second kappa shape index (κ2) is 12.6. The summed E-state index contributed by atoms with van der Waals surface area (Å²) in [6, 6.07) is 59.7. The average molecular weight is 613 g/mol. The first-order valence-electron chi connectivity index (χ1n) is 15.8. The van der Waals surface area contributed by atoms with E-state index in [1.54, 1.807) is 0 Å². The molecule has 4 nitrogen and oxygen atoms in total. The van der Waals surface area contributed by atoms with Gasteiger partial charge in [-0.2, -0.15) is 5.26 Å². The second-order valence-electron chi connectivity index (χ2n) is 11.6. The molecule has 6 aromatic carbocycles. The third-order valence-electron chi connectivity index (χ3n) is 8.49. The first-order chi connectivity index (χ1) is 23.7. The van der Waals surface area contributed by atoms with Gasteiger partial charge in [0.1, 0.15) is 0 Å². The van der Waals surface area contributed by atoms with Gasteiger partial charge in [-0.1, -0.05) is 127 Å². The summed E-state index contributed by atoms with van der Waals surface area (Å²) in [6.45, 7) is 0. The molecule has 8 rings (SSSR count). The lowest BCUT2D eigenvalue weighted by atomic mass is 9.96. The summed E-state index contributed by atoms with van der Waals surface area (Å²) in [5.74, 6) is 0. The molecule has 0 aliphatic carbocycles. The predicted octanol–water partition coefficient (Wildman–Crippen LogP) is 10.9. The second-order valence-corrected chi connectivity index (χ2v) is 11.6. The van der Waals surface area contributed by atoms with Gasteiger partial charge in [0, 0.05) is 22.3 Å². The molecule has 2 aromatic heterocycles. The van der Waals surface area contributed by atoms with Crippen molar-refractivity contribution in [2.45, 2.75) is 0 Å². The van der Waals surface area contributed by atoms with Crippen LogP contribution < -0.4 is 0 Å². The molecule has 0 radical (unpaired) electrons. The molecule has 0 aliphatic heterocycles. The van der Waals surface area contributed by atoms with Crippen molar-refractivity contribution < 1.29 is 0 Å². The van der Waals surface area contributed by atoms with E-state index in [-0.39, 0.29) is 0 Å². The Labute approximate surface area is 279 Å². The van der Waals surface area contributed by atoms with Gasteiger partial charge in [-0.05, 0) is 64.7 Å². The van der Waals surface area contributed by atoms with E-state index in [0.717, 1.165) is 78.3 Å². The molecule has 2 heterocycles. The molecule has 0 atom stereocenters. The van der Waals surface area contributed by atoms with E-state index in [0.29, 0.717) is 5.56 Å². The Hall–Kier alpha value is -6.70. The van der Waals surface area contributed by atoms with Crippen LogP contribution in [0.25, 0.3) is 78.3 Å². The fourth-order valence-electron chi connectivity index (χ4n) is 6.05. The molecule has 0 N–H and O–H groups in total. The minimum absolute atomic E-state index is 0.630. The Balaban J connectivity index is 1.23. The fraction of sp³-hybridized carbons (Fsp3) is 0. The number of rotatable bonds is 6. The highest BCUT2D eigenvalue weighted by Gasteiger charge is 2.15. The van der Waals surface area contributed by atoms with Crippen LogP contribution >= 0.6 is 0 Å². The predicted molar refractivity (Wildman–Crippen MR) is 195 cm³/mol. The number of hydrogen-bond acceptors (Lipinski definition) is 4. The van der Waals surface area contributed by atoms with Gasteiger partial charge >= 0.3 is 0 Å². The highest BCUT2D eigenvalue weighted by molar-refractivity contribution is 5.88. The van der Waals surface area contributed by atoms with Gasteiger partial charge in [-0.3, -0.25) is 0 Å². The van der Waals surface area contributed by atoms with E-state index in [9.17, 15) is 5.26 Å². The van der Waals surface area contributed by atoms with Crippen LogP contribution in [0.4, 0.5) is 0 Å². The molecule has 0 unspecified atom stereocenters. The summed E-state index contributed by atoms with van der Waals surface area (Å²) in [5.41, 5.74) is 14.0. The molecule has 48 heavy (non-hydrogen) atoms. The summed E-state index contributed by atoms with van der Waals surface area (Å²) in [5, 5.41) is 9.46. The van der Waals surface area contributed by atoms with E-state index in [1.165, 1.54) is 0 Å². The Kier molecular flexibility index (Phi) is 7.54. The van der Waals surface area contributed by atoms with E-state index in [4.69, 9.17) is 15.0 Å². The molecule has 0 spiro atoms. The lowest BCUT2D eigenvalue weighted by molar-refractivity contribution is 1.29. The monoisotopic (exact) mass is 612 g/mol. The minimum atomic E-state index is 0.630. The van der Waals surface area contributed by atoms with Crippen LogP contribution in [-0.2, 0) is 0 Å². The Bertz CT molecular complexity index is 2390. The molecule has 0 saturated carbocycles. The number of pyridine rings is 1. The van der Waals surface area contributed by atoms with Crippen molar-refractivity contribution in [3.63, 3.8) is 0 Å². The van der Waals surface area contributed by atoms with Gasteiger partial charge in [0.15, 0.2) is 0 Å². The van der Waals surface area contributed by atoms with Crippen molar-refractivity contribution in [3.8, 4) is 73.4 Å². The van der Waals surface area contributed by atoms with Crippen molar-refractivity contribution in [1.82, 2.24) is 15.0 Å². The van der Waals surface area contributed by atoms with Gasteiger partial charge < -0.3 is 0 Å². The maximum absolute atomic E-state index is 9.46. The van der Waals surface area contributed by atoms with Crippen LogP contribution in [0, 0.1) is 11.3 Å². The Morgan fingerprint density at radius 1 is 0.333 bits per heavy atom. The van der Waals surface area contributed by atoms with Gasteiger partial charge in [-0.25, -0.2) is 15.0 Å². The number of nitrogens with zero attached hydrogens (tertiary/aromatic N) is 4. The van der Waals surface area contributed by atoms with E-state index < -0.39 is 0 Å². The first kappa shape index (κ1) is 28.8. The van der Waals surface area contributed by atoms with Crippen LogP contribution in [0.2, 0.25) is 0 Å². The average Bonchev–Trinajstić information content (AvgIpc) is 3.18. The standard InChI is InChI=1S/C44H28N4/c45-29-30-11-9-16-35(25-30)36-17-10-18-37(26-36)44-43(47-39-19-7-8-20-40(39)48-44)34-23-21-31(22-24-34)38-27-41(32-12-3-1-4-13-32)46-42(28-38)33-14-5-2-6-15-33/h1-28H. The maximum atomic E-state index is 9.46. The highest BCUT2D eigenvalue weighted by Crippen LogP contribution is 2.36. The van der Waals surface area contributed by atoms with Crippen molar-refractivity contribution in [1.29, 1.82) is 5.26 Å². The SMILES string of the molecule is N#Cc1cccc(-c2cccc(-c3nc4ccccc4nc3-c3ccc(-c4cc(-c5ccccc5)nc(-c5ccccc5)c4)cc3)c2)c1. The quantitative estimate of drug-likeness (QED) is 0.187. The molecule has 0 fully saturated rings. The van der Waals surface area contributed by atoms with Crippen LogP contribution in [-0.4, -0.2) is 15.0 Å². The number of hydrogen-bond donors (Lipinski definition) is 0. The molecular weight excluding hydrogens is 585 g/mol. The van der Waals surface area contributed by atoms with Crippen molar-refractivity contribution in [2.24, 2.45) is 0 Å². The molecule has 224 valence electrons. The third-order valence-corrected chi connectivity index (χ3v) is 8.49. The zero-order chi connectivity index (χ0) is 32.3.